The van der Waals surface area contributed by atoms with Gasteiger partial charge in [0.15, 0.2) is 0 Å². The smallest absolute Gasteiger partial charge is 0.218 e. The molecule has 3 N–H and O–H groups in total. The summed E-state index contributed by atoms with van der Waals surface area (Å²) in [5.41, 5.74) is 8.84. The van der Waals surface area contributed by atoms with Gasteiger partial charge in [0.25, 0.3) is 0 Å². The zero-order valence-corrected chi connectivity index (χ0v) is 13.0. The van der Waals surface area contributed by atoms with Crippen molar-refractivity contribution in [3.05, 3.63) is 59.1 Å². The number of primary amides is 1. The molecule has 0 aliphatic heterocycles. The highest BCUT2D eigenvalue weighted by molar-refractivity contribution is 6.30. The third-order valence-electron chi connectivity index (χ3n) is 4.08. The molecular weight excluding hydrogens is 296 g/mol. The molecule has 114 valence electrons. The minimum Gasteiger partial charge on any atom is -0.370 e. The minimum atomic E-state index is -0.253. The molecule has 22 heavy (non-hydrogen) atoms. The van der Waals surface area contributed by atoms with Crippen LogP contribution in [0.2, 0.25) is 5.02 Å². The lowest BCUT2D eigenvalue weighted by atomic mass is 10.0. The van der Waals surface area contributed by atoms with Crippen LogP contribution in [0.15, 0.2) is 48.5 Å². The molecule has 1 saturated carbocycles. The Kier molecular flexibility index (Phi) is 4.46. The highest BCUT2D eigenvalue weighted by Gasteiger charge is 2.37. The molecule has 2 unspecified atom stereocenters. The van der Waals surface area contributed by atoms with Gasteiger partial charge in [-0.15, -0.1) is 0 Å². The topological polar surface area (TPSA) is 55.1 Å². The third kappa shape index (κ3) is 3.67. The summed E-state index contributed by atoms with van der Waals surface area (Å²) in [6.07, 6.45) is 1.53. The summed E-state index contributed by atoms with van der Waals surface area (Å²) in [6.45, 7) is 0.666. The second-order valence-corrected chi connectivity index (χ2v) is 6.18. The molecule has 2 aromatic rings. The van der Waals surface area contributed by atoms with E-state index >= 15 is 0 Å². The van der Waals surface area contributed by atoms with E-state index in [9.17, 15) is 4.79 Å². The molecule has 4 heteroatoms. The van der Waals surface area contributed by atoms with Gasteiger partial charge in [-0.2, -0.15) is 0 Å². The Morgan fingerprint density at radius 3 is 2.27 bits per heavy atom. The molecular formula is C18H19ClN2O. The average Bonchev–Trinajstić information content (AvgIpc) is 3.27. The molecule has 0 heterocycles. The molecule has 3 nitrogen and oxygen atoms in total. The van der Waals surface area contributed by atoms with Crippen LogP contribution in [0.3, 0.4) is 0 Å². The first-order valence-corrected chi connectivity index (χ1v) is 7.89. The number of carbonyl (C=O) groups excluding carboxylic acids is 1. The maximum Gasteiger partial charge on any atom is 0.218 e. The lowest BCUT2D eigenvalue weighted by molar-refractivity contribution is -0.117. The Morgan fingerprint density at radius 1 is 1.09 bits per heavy atom. The summed E-state index contributed by atoms with van der Waals surface area (Å²) < 4.78 is 0. The molecule has 0 aromatic heterocycles. The second kappa shape index (κ2) is 6.51. The minimum absolute atomic E-state index is 0.253. The van der Waals surface area contributed by atoms with Gasteiger partial charge in [0.05, 0.1) is 0 Å². The molecule has 1 aliphatic carbocycles. The van der Waals surface area contributed by atoms with Crippen molar-refractivity contribution in [2.45, 2.75) is 24.8 Å². The van der Waals surface area contributed by atoms with E-state index in [2.05, 4.69) is 29.6 Å². The van der Waals surface area contributed by atoms with Crippen molar-refractivity contribution in [1.29, 1.82) is 0 Å². The molecule has 0 saturated heterocycles. The van der Waals surface area contributed by atoms with E-state index in [4.69, 9.17) is 17.3 Å². The van der Waals surface area contributed by atoms with Crippen LogP contribution in [0.25, 0.3) is 11.1 Å². The van der Waals surface area contributed by atoms with E-state index in [0.717, 1.165) is 11.4 Å². The first-order chi connectivity index (χ1) is 10.6. The lowest BCUT2D eigenvalue weighted by Crippen LogP contribution is -2.24. The van der Waals surface area contributed by atoms with Gasteiger partial charge in [0, 0.05) is 29.9 Å². The zero-order chi connectivity index (χ0) is 15.5. The summed E-state index contributed by atoms with van der Waals surface area (Å²) in [5, 5.41) is 4.13. The van der Waals surface area contributed by atoms with Gasteiger partial charge in [0.1, 0.15) is 0 Å². The predicted octanol–water partition coefficient (Wildman–Crippen LogP) is 3.33. The van der Waals surface area contributed by atoms with Crippen molar-refractivity contribution in [2.24, 2.45) is 5.73 Å². The molecule has 1 amide bonds. The number of benzene rings is 2. The number of halogens is 1. The number of hydrogen-bond donors (Lipinski definition) is 2. The Balaban J connectivity index is 1.59. The van der Waals surface area contributed by atoms with Crippen LogP contribution in [0.4, 0.5) is 0 Å². The molecule has 1 aliphatic rings. The van der Waals surface area contributed by atoms with Gasteiger partial charge in [-0.05, 0) is 35.2 Å². The van der Waals surface area contributed by atoms with Crippen LogP contribution in [0.5, 0.6) is 0 Å². The fourth-order valence-corrected chi connectivity index (χ4v) is 2.86. The molecule has 0 radical (unpaired) electrons. The van der Waals surface area contributed by atoms with Crippen molar-refractivity contribution in [3.63, 3.8) is 0 Å². The average molecular weight is 315 g/mol. The summed E-state index contributed by atoms with van der Waals surface area (Å²) in [5.74, 6) is 0.296. The molecule has 0 spiro atoms. The van der Waals surface area contributed by atoms with Crippen molar-refractivity contribution in [3.8, 4) is 11.1 Å². The first kappa shape index (κ1) is 15.1. The Hall–Kier alpha value is -1.84. The molecule has 1 fully saturated rings. The van der Waals surface area contributed by atoms with E-state index in [-0.39, 0.29) is 5.91 Å². The summed E-state index contributed by atoms with van der Waals surface area (Å²) in [7, 11) is 0. The highest BCUT2D eigenvalue weighted by Crippen LogP contribution is 2.41. The first-order valence-electron chi connectivity index (χ1n) is 7.51. The van der Waals surface area contributed by atoms with Gasteiger partial charge in [-0.25, -0.2) is 0 Å². The van der Waals surface area contributed by atoms with Crippen LogP contribution < -0.4 is 11.1 Å². The third-order valence-corrected chi connectivity index (χ3v) is 4.34. The number of nitrogens with two attached hydrogens (primary N) is 1. The van der Waals surface area contributed by atoms with Gasteiger partial charge in [0.2, 0.25) is 5.91 Å². The van der Waals surface area contributed by atoms with Gasteiger partial charge in [-0.1, -0.05) is 48.0 Å². The van der Waals surface area contributed by atoms with Crippen LogP contribution in [0, 0.1) is 0 Å². The van der Waals surface area contributed by atoms with E-state index < -0.39 is 0 Å². The summed E-state index contributed by atoms with van der Waals surface area (Å²) in [6, 6.07) is 17.0. The van der Waals surface area contributed by atoms with Crippen LogP contribution >= 0.6 is 11.6 Å². The number of amides is 1. The summed E-state index contributed by atoms with van der Waals surface area (Å²) >= 11 is 5.92. The van der Waals surface area contributed by atoms with E-state index in [1.54, 1.807) is 0 Å². The van der Waals surface area contributed by atoms with Crippen molar-refractivity contribution >= 4 is 17.5 Å². The van der Waals surface area contributed by atoms with Crippen molar-refractivity contribution in [1.82, 2.24) is 5.32 Å². The number of carbonyl (C=O) groups is 1. The highest BCUT2D eigenvalue weighted by atomic mass is 35.5. The molecule has 3 rings (SSSR count). The standard InChI is InChI=1S/C18H19ClN2O/c19-15-7-5-13(6-8-15)12-1-3-14(4-2-12)16-11-17(16)21-10-9-18(20)22/h1-8,16-17,21H,9-11H2,(H2,20,22). The van der Waals surface area contributed by atoms with Gasteiger partial charge >= 0.3 is 0 Å². The summed E-state index contributed by atoms with van der Waals surface area (Å²) in [4.78, 5) is 10.7. The Bertz CT molecular complexity index is 652. The molecule has 2 aromatic carbocycles. The fraction of sp³-hybridized carbons (Fsp3) is 0.278. The molecule has 0 bridgehead atoms. The largest absolute Gasteiger partial charge is 0.370 e. The van der Waals surface area contributed by atoms with Crippen molar-refractivity contribution in [2.75, 3.05) is 6.54 Å². The van der Waals surface area contributed by atoms with Crippen LogP contribution in [-0.4, -0.2) is 18.5 Å². The van der Waals surface area contributed by atoms with E-state index in [0.29, 0.717) is 24.9 Å². The zero-order valence-electron chi connectivity index (χ0n) is 12.3. The van der Waals surface area contributed by atoms with Crippen LogP contribution in [0.1, 0.15) is 24.3 Å². The maximum absolute atomic E-state index is 10.7. The number of rotatable bonds is 6. The quantitative estimate of drug-likeness (QED) is 0.859. The van der Waals surface area contributed by atoms with Gasteiger partial charge in [-0.3, -0.25) is 4.79 Å². The predicted molar refractivity (Wildman–Crippen MR) is 89.8 cm³/mol. The maximum atomic E-state index is 10.7. The number of hydrogen-bond acceptors (Lipinski definition) is 2. The van der Waals surface area contributed by atoms with Gasteiger partial charge < -0.3 is 11.1 Å². The van der Waals surface area contributed by atoms with Crippen molar-refractivity contribution < 1.29 is 4.79 Å². The normalized spacial score (nSPS) is 19.9. The SMILES string of the molecule is NC(=O)CCNC1CC1c1ccc(-c2ccc(Cl)cc2)cc1. The monoisotopic (exact) mass is 314 g/mol. The van der Waals surface area contributed by atoms with Crippen LogP contribution in [-0.2, 0) is 4.79 Å². The lowest BCUT2D eigenvalue weighted by Gasteiger charge is -2.06. The number of nitrogens with one attached hydrogen (secondary N) is 1. The fourth-order valence-electron chi connectivity index (χ4n) is 2.73. The Labute approximate surface area is 135 Å². The molecule has 2 atom stereocenters. The van der Waals surface area contributed by atoms with E-state index in [1.165, 1.54) is 16.7 Å². The second-order valence-electron chi connectivity index (χ2n) is 5.75. The van der Waals surface area contributed by atoms with E-state index in [1.807, 2.05) is 24.3 Å². The Morgan fingerprint density at radius 2 is 1.68 bits per heavy atom.